The molecule has 2 rings (SSSR count). The molecule has 4 nitrogen and oxygen atoms in total. The molecule has 0 fully saturated rings. The van der Waals surface area contributed by atoms with Gasteiger partial charge in [0.25, 0.3) is 0 Å². The SMILES string of the molecule is CCCNc1cc(C)nc(Nc2ccccc2C(C)(C)C)n1. The Balaban J connectivity index is 2.30. The maximum atomic E-state index is 4.56. The van der Waals surface area contributed by atoms with E-state index in [0.717, 1.165) is 30.2 Å². The van der Waals surface area contributed by atoms with Gasteiger partial charge in [0.1, 0.15) is 5.82 Å². The minimum Gasteiger partial charge on any atom is -0.370 e. The van der Waals surface area contributed by atoms with Crippen LogP contribution in [0.2, 0.25) is 0 Å². The Morgan fingerprint density at radius 1 is 1.09 bits per heavy atom. The fourth-order valence-corrected chi connectivity index (χ4v) is 2.33. The van der Waals surface area contributed by atoms with Crippen molar-refractivity contribution in [2.75, 3.05) is 17.2 Å². The molecule has 0 bridgehead atoms. The van der Waals surface area contributed by atoms with Crippen molar-refractivity contribution in [3.8, 4) is 0 Å². The zero-order valence-corrected chi connectivity index (χ0v) is 14.2. The number of anilines is 3. The van der Waals surface area contributed by atoms with Gasteiger partial charge in [0.05, 0.1) is 0 Å². The second-order valence-corrected chi connectivity index (χ2v) is 6.57. The lowest BCUT2D eigenvalue weighted by molar-refractivity contribution is 0.592. The molecule has 2 aromatic rings. The number of para-hydroxylation sites is 1. The molecule has 0 saturated heterocycles. The fraction of sp³-hybridized carbons (Fsp3) is 0.444. The van der Waals surface area contributed by atoms with Crippen LogP contribution in [0.1, 0.15) is 45.4 Å². The Morgan fingerprint density at radius 3 is 2.50 bits per heavy atom. The third-order valence-electron chi connectivity index (χ3n) is 3.39. The van der Waals surface area contributed by atoms with E-state index in [1.807, 2.05) is 19.1 Å². The van der Waals surface area contributed by atoms with Gasteiger partial charge in [-0.25, -0.2) is 4.98 Å². The first-order valence-corrected chi connectivity index (χ1v) is 7.86. The zero-order chi connectivity index (χ0) is 16.2. The van der Waals surface area contributed by atoms with Crippen LogP contribution in [-0.2, 0) is 5.41 Å². The molecule has 0 spiro atoms. The molecule has 118 valence electrons. The number of hydrogen-bond donors (Lipinski definition) is 2. The highest BCUT2D eigenvalue weighted by atomic mass is 15.1. The molecule has 0 radical (unpaired) electrons. The molecule has 0 aliphatic carbocycles. The Kier molecular flexibility index (Phi) is 5.01. The first-order valence-electron chi connectivity index (χ1n) is 7.86. The lowest BCUT2D eigenvalue weighted by atomic mass is 9.86. The Hall–Kier alpha value is -2.10. The predicted molar refractivity (Wildman–Crippen MR) is 94.0 cm³/mol. The highest BCUT2D eigenvalue weighted by Gasteiger charge is 2.18. The van der Waals surface area contributed by atoms with E-state index in [1.54, 1.807) is 0 Å². The van der Waals surface area contributed by atoms with Crippen LogP contribution < -0.4 is 10.6 Å². The summed E-state index contributed by atoms with van der Waals surface area (Å²) < 4.78 is 0. The first kappa shape index (κ1) is 16.3. The number of benzene rings is 1. The molecule has 0 aliphatic heterocycles. The van der Waals surface area contributed by atoms with Crippen molar-refractivity contribution >= 4 is 17.5 Å². The van der Waals surface area contributed by atoms with Gasteiger partial charge in [-0.1, -0.05) is 45.9 Å². The summed E-state index contributed by atoms with van der Waals surface area (Å²) in [6, 6.07) is 10.3. The van der Waals surface area contributed by atoms with Gasteiger partial charge in [-0.15, -0.1) is 0 Å². The summed E-state index contributed by atoms with van der Waals surface area (Å²) in [6.45, 7) is 11.7. The normalized spacial score (nSPS) is 11.3. The van der Waals surface area contributed by atoms with Crippen LogP contribution in [0.5, 0.6) is 0 Å². The summed E-state index contributed by atoms with van der Waals surface area (Å²) in [4.78, 5) is 9.05. The number of aromatic nitrogens is 2. The van der Waals surface area contributed by atoms with Crippen LogP contribution >= 0.6 is 0 Å². The molecule has 2 N–H and O–H groups in total. The smallest absolute Gasteiger partial charge is 0.229 e. The molecule has 4 heteroatoms. The van der Waals surface area contributed by atoms with Gasteiger partial charge in [-0.2, -0.15) is 4.98 Å². The summed E-state index contributed by atoms with van der Waals surface area (Å²) in [5, 5.41) is 6.69. The van der Waals surface area contributed by atoms with Gasteiger partial charge in [0, 0.05) is 24.0 Å². The predicted octanol–water partition coefficient (Wildman–Crippen LogP) is 4.65. The van der Waals surface area contributed by atoms with Crippen LogP contribution in [0.15, 0.2) is 30.3 Å². The Bertz CT molecular complexity index is 629. The third kappa shape index (κ3) is 4.20. The van der Waals surface area contributed by atoms with E-state index in [9.17, 15) is 0 Å². The van der Waals surface area contributed by atoms with Crippen molar-refractivity contribution in [2.24, 2.45) is 0 Å². The zero-order valence-electron chi connectivity index (χ0n) is 14.2. The topological polar surface area (TPSA) is 49.8 Å². The monoisotopic (exact) mass is 298 g/mol. The van der Waals surface area contributed by atoms with Crippen LogP contribution in [0.3, 0.4) is 0 Å². The van der Waals surface area contributed by atoms with Gasteiger partial charge >= 0.3 is 0 Å². The van der Waals surface area contributed by atoms with Crippen molar-refractivity contribution in [3.63, 3.8) is 0 Å². The van der Waals surface area contributed by atoms with Crippen LogP contribution in [0, 0.1) is 6.92 Å². The molecule has 1 heterocycles. The van der Waals surface area contributed by atoms with Gasteiger partial charge in [0.15, 0.2) is 0 Å². The van der Waals surface area contributed by atoms with Gasteiger partial charge in [-0.3, -0.25) is 0 Å². The molecule has 22 heavy (non-hydrogen) atoms. The largest absolute Gasteiger partial charge is 0.370 e. The van der Waals surface area contributed by atoms with Crippen LogP contribution in [0.25, 0.3) is 0 Å². The number of aryl methyl sites for hydroxylation is 1. The van der Waals surface area contributed by atoms with E-state index < -0.39 is 0 Å². The molecule has 0 aliphatic rings. The molecule has 0 saturated carbocycles. The van der Waals surface area contributed by atoms with E-state index in [-0.39, 0.29) is 5.41 Å². The maximum Gasteiger partial charge on any atom is 0.229 e. The summed E-state index contributed by atoms with van der Waals surface area (Å²) in [5.41, 5.74) is 3.33. The average molecular weight is 298 g/mol. The van der Waals surface area contributed by atoms with E-state index in [4.69, 9.17) is 0 Å². The minimum absolute atomic E-state index is 0.0662. The highest BCUT2D eigenvalue weighted by molar-refractivity contribution is 5.61. The molecule has 0 amide bonds. The number of nitrogens with zero attached hydrogens (tertiary/aromatic N) is 2. The highest BCUT2D eigenvalue weighted by Crippen LogP contribution is 2.30. The van der Waals surface area contributed by atoms with E-state index in [0.29, 0.717) is 5.95 Å². The molecule has 1 aromatic heterocycles. The number of nitrogens with one attached hydrogen (secondary N) is 2. The summed E-state index contributed by atoms with van der Waals surface area (Å²) in [7, 11) is 0. The molecular weight excluding hydrogens is 272 g/mol. The second kappa shape index (κ2) is 6.77. The van der Waals surface area contributed by atoms with Crippen LogP contribution in [0.4, 0.5) is 17.5 Å². The summed E-state index contributed by atoms with van der Waals surface area (Å²) in [5.74, 6) is 1.50. The quantitative estimate of drug-likeness (QED) is 0.843. The maximum absolute atomic E-state index is 4.56. The van der Waals surface area contributed by atoms with E-state index in [2.05, 4.69) is 66.5 Å². The van der Waals surface area contributed by atoms with Gasteiger partial charge in [-0.05, 0) is 30.4 Å². The molecule has 0 unspecified atom stereocenters. The van der Waals surface area contributed by atoms with E-state index >= 15 is 0 Å². The molecule has 1 aromatic carbocycles. The van der Waals surface area contributed by atoms with Crippen molar-refractivity contribution in [1.82, 2.24) is 9.97 Å². The average Bonchev–Trinajstić information content (AvgIpc) is 2.44. The first-order chi connectivity index (χ1) is 10.4. The third-order valence-corrected chi connectivity index (χ3v) is 3.39. The van der Waals surface area contributed by atoms with E-state index in [1.165, 1.54) is 5.56 Å². The van der Waals surface area contributed by atoms with Crippen LogP contribution in [-0.4, -0.2) is 16.5 Å². The second-order valence-electron chi connectivity index (χ2n) is 6.57. The number of rotatable bonds is 5. The summed E-state index contributed by atoms with van der Waals surface area (Å²) >= 11 is 0. The van der Waals surface area contributed by atoms with Gasteiger partial charge < -0.3 is 10.6 Å². The summed E-state index contributed by atoms with van der Waals surface area (Å²) in [6.07, 6.45) is 1.07. The van der Waals surface area contributed by atoms with Gasteiger partial charge in [0.2, 0.25) is 5.95 Å². The standard InChI is InChI=1S/C18H26N4/c1-6-11-19-16-12-13(2)20-17(22-16)21-15-10-8-7-9-14(15)18(3,4)5/h7-10,12H,6,11H2,1-5H3,(H2,19,20,21,22). The van der Waals surface area contributed by atoms with Crippen molar-refractivity contribution in [3.05, 3.63) is 41.6 Å². The van der Waals surface area contributed by atoms with Crippen molar-refractivity contribution in [2.45, 2.75) is 46.5 Å². The minimum atomic E-state index is 0.0662. The van der Waals surface area contributed by atoms with Crippen molar-refractivity contribution in [1.29, 1.82) is 0 Å². The Morgan fingerprint density at radius 2 is 1.82 bits per heavy atom. The molecule has 0 atom stereocenters. The Labute approximate surface area is 133 Å². The van der Waals surface area contributed by atoms with Crippen molar-refractivity contribution < 1.29 is 0 Å². The lowest BCUT2D eigenvalue weighted by Crippen LogP contribution is -2.14. The lowest BCUT2D eigenvalue weighted by Gasteiger charge is -2.23. The molecular formula is C18H26N4. The fourth-order valence-electron chi connectivity index (χ4n) is 2.33. The number of hydrogen-bond acceptors (Lipinski definition) is 4.